The van der Waals surface area contributed by atoms with Crippen LogP contribution in [0.2, 0.25) is 0 Å². The van der Waals surface area contributed by atoms with Gasteiger partial charge in [0.25, 0.3) is 0 Å². The van der Waals surface area contributed by atoms with Crippen molar-refractivity contribution < 1.29 is 14.0 Å². The Morgan fingerprint density at radius 1 is 1.26 bits per heavy atom. The van der Waals surface area contributed by atoms with E-state index in [0.29, 0.717) is 6.54 Å². The molecule has 1 atom stereocenters. The second kappa shape index (κ2) is 7.85. The van der Waals surface area contributed by atoms with Crippen molar-refractivity contribution in [1.82, 2.24) is 10.2 Å². The number of hydrogen-bond donors (Lipinski definition) is 2. The monoisotopic (exact) mass is 335 g/mol. The van der Waals surface area contributed by atoms with E-state index < -0.39 is 17.6 Å². The van der Waals surface area contributed by atoms with E-state index in [0.717, 1.165) is 11.6 Å². The molecule has 1 heterocycles. The zero-order valence-electron chi connectivity index (χ0n) is 12.9. The third-order valence-corrected chi connectivity index (χ3v) is 4.00. The van der Waals surface area contributed by atoms with E-state index in [1.807, 2.05) is 35.8 Å². The summed E-state index contributed by atoms with van der Waals surface area (Å²) >= 11 is 1.57. The molecule has 5 nitrogen and oxygen atoms in total. The second-order valence-electron chi connectivity index (χ2n) is 5.21. The summed E-state index contributed by atoms with van der Waals surface area (Å²) in [6.45, 7) is 0.305. The van der Waals surface area contributed by atoms with Gasteiger partial charge >= 0.3 is 11.8 Å². The highest BCUT2D eigenvalue weighted by atomic mass is 32.1. The Morgan fingerprint density at radius 3 is 2.65 bits per heavy atom. The third-order valence-electron chi connectivity index (χ3n) is 3.30. The van der Waals surface area contributed by atoms with Crippen molar-refractivity contribution >= 4 is 28.8 Å². The first-order chi connectivity index (χ1) is 11.0. The highest BCUT2D eigenvalue weighted by Crippen LogP contribution is 2.19. The van der Waals surface area contributed by atoms with Crippen molar-refractivity contribution in [1.29, 1.82) is 0 Å². The Balaban J connectivity index is 1.91. The van der Waals surface area contributed by atoms with Crippen molar-refractivity contribution in [3.8, 4) is 0 Å². The molecule has 0 aliphatic carbocycles. The Bertz CT molecular complexity index is 674. The Morgan fingerprint density at radius 2 is 2.04 bits per heavy atom. The Labute approximate surface area is 138 Å². The number of nitrogens with zero attached hydrogens (tertiary/aromatic N) is 1. The number of anilines is 1. The molecule has 2 rings (SSSR count). The van der Waals surface area contributed by atoms with E-state index in [1.165, 1.54) is 18.2 Å². The number of hydrogen-bond acceptors (Lipinski definition) is 4. The fourth-order valence-electron chi connectivity index (χ4n) is 2.09. The summed E-state index contributed by atoms with van der Waals surface area (Å²) in [5.74, 6) is -2.05. The molecule has 0 spiro atoms. The molecule has 122 valence electrons. The molecule has 2 N–H and O–H groups in total. The van der Waals surface area contributed by atoms with Gasteiger partial charge in [0.1, 0.15) is 5.82 Å². The molecule has 0 saturated carbocycles. The van der Waals surface area contributed by atoms with E-state index in [2.05, 4.69) is 10.6 Å². The molecule has 23 heavy (non-hydrogen) atoms. The van der Waals surface area contributed by atoms with Crippen LogP contribution in [0.5, 0.6) is 0 Å². The molecule has 0 fully saturated rings. The predicted octanol–water partition coefficient (Wildman–Crippen LogP) is 2.24. The standard InChI is InChI=1S/C16H18FN3O2S/c1-20(2)14(11-6-7-23-10-11)9-18-15(21)16(22)19-13-5-3-4-12(17)8-13/h3-8,10,14H,9H2,1-2H3,(H,18,21)(H,19,22). The molecule has 1 aromatic heterocycles. The number of carbonyl (C=O) groups excluding carboxylic acids is 2. The minimum atomic E-state index is -0.821. The van der Waals surface area contributed by atoms with Gasteiger partial charge in [-0.15, -0.1) is 0 Å². The summed E-state index contributed by atoms with van der Waals surface area (Å²) in [6, 6.07) is 7.35. The fraction of sp³-hybridized carbons (Fsp3) is 0.250. The summed E-state index contributed by atoms with van der Waals surface area (Å²) in [7, 11) is 3.81. The smallest absolute Gasteiger partial charge is 0.313 e. The van der Waals surface area contributed by atoms with Crippen LogP contribution in [0.25, 0.3) is 0 Å². The minimum Gasteiger partial charge on any atom is -0.346 e. The minimum absolute atomic E-state index is 0.0211. The molecule has 0 saturated heterocycles. The van der Waals surface area contributed by atoms with Gasteiger partial charge in [-0.25, -0.2) is 4.39 Å². The quantitative estimate of drug-likeness (QED) is 0.824. The van der Waals surface area contributed by atoms with Gasteiger partial charge in [0.05, 0.1) is 6.04 Å². The summed E-state index contributed by atoms with van der Waals surface area (Å²) in [5, 5.41) is 8.94. The number of rotatable bonds is 5. The van der Waals surface area contributed by atoms with Crippen molar-refractivity contribution in [3.63, 3.8) is 0 Å². The van der Waals surface area contributed by atoms with Gasteiger partial charge in [0.15, 0.2) is 0 Å². The van der Waals surface area contributed by atoms with Crippen LogP contribution in [0.15, 0.2) is 41.1 Å². The Kier molecular flexibility index (Phi) is 5.84. The highest BCUT2D eigenvalue weighted by Gasteiger charge is 2.19. The molecule has 0 bridgehead atoms. The molecule has 1 aromatic carbocycles. The van der Waals surface area contributed by atoms with Crippen LogP contribution in [0.4, 0.5) is 10.1 Å². The van der Waals surface area contributed by atoms with E-state index in [4.69, 9.17) is 0 Å². The second-order valence-corrected chi connectivity index (χ2v) is 5.99. The molecule has 0 aliphatic heterocycles. The zero-order chi connectivity index (χ0) is 16.8. The number of nitrogens with one attached hydrogen (secondary N) is 2. The molecule has 2 amide bonds. The van der Waals surface area contributed by atoms with Gasteiger partial charge in [-0.1, -0.05) is 6.07 Å². The van der Waals surface area contributed by atoms with Crippen molar-refractivity contribution in [3.05, 3.63) is 52.5 Å². The van der Waals surface area contributed by atoms with Crippen LogP contribution in [0, 0.1) is 5.82 Å². The number of halogens is 1. The number of thiophene rings is 1. The molecule has 2 aromatic rings. The van der Waals surface area contributed by atoms with E-state index in [9.17, 15) is 14.0 Å². The summed E-state index contributed by atoms with van der Waals surface area (Å²) < 4.78 is 13.1. The van der Waals surface area contributed by atoms with E-state index in [-0.39, 0.29) is 11.7 Å². The van der Waals surface area contributed by atoms with Gasteiger partial charge in [-0.2, -0.15) is 11.3 Å². The maximum atomic E-state index is 13.1. The molecular weight excluding hydrogens is 317 g/mol. The molecule has 7 heteroatoms. The van der Waals surface area contributed by atoms with E-state index in [1.54, 1.807) is 11.3 Å². The van der Waals surface area contributed by atoms with Crippen molar-refractivity contribution in [2.75, 3.05) is 26.0 Å². The fourth-order valence-corrected chi connectivity index (χ4v) is 2.79. The number of carbonyl (C=O) groups is 2. The van der Waals surface area contributed by atoms with Gasteiger partial charge < -0.3 is 15.5 Å². The first kappa shape index (κ1) is 17.1. The van der Waals surface area contributed by atoms with Crippen molar-refractivity contribution in [2.45, 2.75) is 6.04 Å². The summed E-state index contributed by atoms with van der Waals surface area (Å²) in [4.78, 5) is 25.7. The lowest BCUT2D eigenvalue weighted by molar-refractivity contribution is -0.136. The van der Waals surface area contributed by atoms with Gasteiger partial charge in [-0.3, -0.25) is 9.59 Å². The molecular formula is C16H18FN3O2S. The first-order valence-electron chi connectivity index (χ1n) is 7.00. The van der Waals surface area contributed by atoms with Crippen molar-refractivity contribution in [2.24, 2.45) is 0 Å². The SMILES string of the molecule is CN(C)C(CNC(=O)C(=O)Nc1cccc(F)c1)c1ccsc1. The molecule has 0 radical (unpaired) electrons. The average Bonchev–Trinajstić information content (AvgIpc) is 3.01. The summed E-state index contributed by atoms with van der Waals surface area (Å²) in [5.41, 5.74) is 1.32. The molecule has 1 unspecified atom stereocenters. The van der Waals surface area contributed by atoms with Gasteiger partial charge in [0.2, 0.25) is 0 Å². The van der Waals surface area contributed by atoms with Crippen LogP contribution in [-0.4, -0.2) is 37.4 Å². The lowest BCUT2D eigenvalue weighted by atomic mass is 10.1. The lowest BCUT2D eigenvalue weighted by Crippen LogP contribution is -2.40. The summed E-state index contributed by atoms with van der Waals surface area (Å²) in [6.07, 6.45) is 0. The van der Waals surface area contributed by atoms with Crippen LogP contribution in [-0.2, 0) is 9.59 Å². The topological polar surface area (TPSA) is 61.4 Å². The van der Waals surface area contributed by atoms with Gasteiger partial charge in [0, 0.05) is 12.2 Å². The highest BCUT2D eigenvalue weighted by molar-refractivity contribution is 7.07. The van der Waals surface area contributed by atoms with Crippen LogP contribution in [0.1, 0.15) is 11.6 Å². The number of amides is 2. The molecule has 0 aliphatic rings. The maximum absolute atomic E-state index is 13.1. The number of likely N-dealkylation sites (N-methyl/N-ethyl adjacent to an activating group) is 1. The zero-order valence-corrected chi connectivity index (χ0v) is 13.7. The van der Waals surface area contributed by atoms with Crippen LogP contribution < -0.4 is 10.6 Å². The normalized spacial score (nSPS) is 12.0. The predicted molar refractivity (Wildman–Crippen MR) is 88.8 cm³/mol. The third kappa shape index (κ3) is 4.87. The largest absolute Gasteiger partial charge is 0.346 e. The Hall–Kier alpha value is -2.25. The van der Waals surface area contributed by atoms with Crippen LogP contribution >= 0.6 is 11.3 Å². The van der Waals surface area contributed by atoms with Gasteiger partial charge in [-0.05, 0) is 54.7 Å². The van der Waals surface area contributed by atoms with Crippen LogP contribution in [0.3, 0.4) is 0 Å². The lowest BCUT2D eigenvalue weighted by Gasteiger charge is -2.23. The maximum Gasteiger partial charge on any atom is 0.313 e. The first-order valence-corrected chi connectivity index (χ1v) is 7.95. The number of benzene rings is 1. The van der Waals surface area contributed by atoms with E-state index >= 15 is 0 Å². The average molecular weight is 335 g/mol.